The topological polar surface area (TPSA) is 45.2 Å². The number of hydrogen-bond acceptors (Lipinski definition) is 4. The molecule has 0 bridgehead atoms. The van der Waals surface area contributed by atoms with Crippen molar-refractivity contribution in [1.82, 2.24) is 10.3 Å². The van der Waals surface area contributed by atoms with Crippen LogP contribution in [0.5, 0.6) is 0 Å². The molecule has 1 N–H and O–H groups in total. The molecule has 0 radical (unpaired) electrons. The lowest BCUT2D eigenvalue weighted by molar-refractivity contribution is -0.120. The Balaban J connectivity index is 1.54. The third-order valence-corrected chi connectivity index (χ3v) is 4.70. The predicted octanol–water partition coefficient (Wildman–Crippen LogP) is 3.49. The number of amides is 1. The van der Waals surface area contributed by atoms with Gasteiger partial charge in [0, 0.05) is 44.3 Å². The fourth-order valence-electron chi connectivity index (χ4n) is 2.34. The Bertz CT molecular complexity index is 654. The van der Waals surface area contributed by atoms with E-state index in [-0.39, 0.29) is 11.7 Å². The molecule has 1 aromatic carbocycles. The van der Waals surface area contributed by atoms with Crippen molar-refractivity contribution >= 4 is 23.4 Å². The summed E-state index contributed by atoms with van der Waals surface area (Å²) in [5.41, 5.74) is 1.61. The summed E-state index contributed by atoms with van der Waals surface area (Å²) >= 11 is 1.70. The molecule has 0 saturated carbocycles. The van der Waals surface area contributed by atoms with Crippen LogP contribution in [0.3, 0.4) is 0 Å². The lowest BCUT2D eigenvalue weighted by Gasteiger charge is -2.19. The second-order valence-electron chi connectivity index (χ2n) is 5.70. The molecule has 1 heterocycles. The van der Waals surface area contributed by atoms with E-state index in [2.05, 4.69) is 10.3 Å². The highest BCUT2D eigenvalue weighted by molar-refractivity contribution is 7.98. The molecule has 0 aliphatic carbocycles. The van der Waals surface area contributed by atoms with E-state index in [0.29, 0.717) is 25.2 Å². The van der Waals surface area contributed by atoms with Gasteiger partial charge in [-0.2, -0.15) is 11.8 Å². The van der Waals surface area contributed by atoms with E-state index in [1.54, 1.807) is 30.1 Å². The number of anilines is 1. The minimum atomic E-state index is -0.223. The Morgan fingerprint density at radius 1 is 1.24 bits per heavy atom. The standard InChI is InChI=1S/C19H24FN3OS/c1-23(18-9-3-2-8-17(18)20)13-6-12-22-19(24)10-14-25-15-16-7-4-5-11-21-16/h2-5,7-9,11H,6,10,12-15H2,1H3,(H,22,24). The zero-order valence-corrected chi connectivity index (χ0v) is 15.3. The lowest BCUT2D eigenvalue weighted by Crippen LogP contribution is -2.28. The molecule has 4 nitrogen and oxygen atoms in total. The summed E-state index contributed by atoms with van der Waals surface area (Å²) < 4.78 is 13.7. The summed E-state index contributed by atoms with van der Waals surface area (Å²) in [6.45, 7) is 1.29. The molecule has 0 aliphatic rings. The van der Waals surface area contributed by atoms with Crippen LogP contribution >= 0.6 is 11.8 Å². The van der Waals surface area contributed by atoms with Gasteiger partial charge in [0.05, 0.1) is 11.4 Å². The maximum absolute atomic E-state index is 13.7. The van der Waals surface area contributed by atoms with Crippen LogP contribution in [-0.4, -0.2) is 36.8 Å². The fraction of sp³-hybridized carbons (Fsp3) is 0.368. The van der Waals surface area contributed by atoms with Crippen LogP contribution < -0.4 is 10.2 Å². The summed E-state index contributed by atoms with van der Waals surface area (Å²) in [5.74, 6) is 1.43. The number of carbonyl (C=O) groups excluding carboxylic acids is 1. The molecular formula is C19H24FN3OS. The minimum absolute atomic E-state index is 0.0575. The molecule has 0 saturated heterocycles. The molecule has 2 aromatic rings. The van der Waals surface area contributed by atoms with Crippen molar-refractivity contribution in [3.8, 4) is 0 Å². The molecule has 0 atom stereocenters. The molecule has 0 aliphatic heterocycles. The Labute approximate surface area is 152 Å². The summed E-state index contributed by atoms with van der Waals surface area (Å²) in [6.07, 6.45) is 3.05. The number of pyridine rings is 1. The number of benzene rings is 1. The molecule has 0 fully saturated rings. The van der Waals surface area contributed by atoms with Gasteiger partial charge in [0.15, 0.2) is 0 Å². The van der Waals surface area contributed by atoms with E-state index in [1.165, 1.54) is 6.07 Å². The van der Waals surface area contributed by atoms with Gasteiger partial charge in [0.25, 0.3) is 0 Å². The van der Waals surface area contributed by atoms with Crippen LogP contribution in [0.25, 0.3) is 0 Å². The van der Waals surface area contributed by atoms with Gasteiger partial charge < -0.3 is 10.2 Å². The average Bonchev–Trinajstić information content (AvgIpc) is 2.63. The first-order valence-corrected chi connectivity index (χ1v) is 9.52. The molecule has 0 spiro atoms. The maximum Gasteiger partial charge on any atom is 0.220 e. The predicted molar refractivity (Wildman–Crippen MR) is 102 cm³/mol. The van der Waals surface area contributed by atoms with E-state index in [1.807, 2.05) is 36.2 Å². The van der Waals surface area contributed by atoms with E-state index in [9.17, 15) is 9.18 Å². The SMILES string of the molecule is CN(CCCNC(=O)CCSCc1ccccn1)c1ccccc1F. The third kappa shape index (κ3) is 7.13. The Morgan fingerprint density at radius 3 is 2.80 bits per heavy atom. The van der Waals surface area contributed by atoms with E-state index >= 15 is 0 Å². The monoisotopic (exact) mass is 361 g/mol. The number of halogens is 1. The van der Waals surface area contributed by atoms with Gasteiger partial charge >= 0.3 is 0 Å². The largest absolute Gasteiger partial charge is 0.372 e. The number of thioether (sulfide) groups is 1. The van der Waals surface area contributed by atoms with Crippen LogP contribution in [0.2, 0.25) is 0 Å². The number of aromatic nitrogens is 1. The van der Waals surface area contributed by atoms with Crippen molar-refractivity contribution in [2.45, 2.75) is 18.6 Å². The van der Waals surface area contributed by atoms with Crippen LogP contribution in [0.15, 0.2) is 48.7 Å². The van der Waals surface area contributed by atoms with Crippen LogP contribution in [0.1, 0.15) is 18.5 Å². The van der Waals surface area contributed by atoms with Gasteiger partial charge in [-0.1, -0.05) is 18.2 Å². The summed E-state index contributed by atoms with van der Waals surface area (Å²) in [7, 11) is 1.86. The Hall–Kier alpha value is -2.08. The number of hydrogen-bond donors (Lipinski definition) is 1. The van der Waals surface area contributed by atoms with Gasteiger partial charge in [-0.05, 0) is 30.7 Å². The zero-order chi connectivity index (χ0) is 17.9. The van der Waals surface area contributed by atoms with Crippen molar-refractivity contribution < 1.29 is 9.18 Å². The smallest absolute Gasteiger partial charge is 0.220 e. The van der Waals surface area contributed by atoms with E-state index in [4.69, 9.17) is 0 Å². The van der Waals surface area contributed by atoms with Crippen molar-refractivity contribution in [1.29, 1.82) is 0 Å². The zero-order valence-electron chi connectivity index (χ0n) is 14.5. The summed E-state index contributed by atoms with van der Waals surface area (Å²) in [5, 5.41) is 2.91. The quantitative estimate of drug-likeness (QED) is 0.658. The highest BCUT2D eigenvalue weighted by Gasteiger charge is 2.06. The first-order valence-electron chi connectivity index (χ1n) is 8.37. The molecule has 2 rings (SSSR count). The Kier molecular flexibility index (Phi) is 8.25. The van der Waals surface area contributed by atoms with Gasteiger partial charge in [-0.15, -0.1) is 0 Å². The highest BCUT2D eigenvalue weighted by Crippen LogP contribution is 2.16. The number of nitrogens with one attached hydrogen (secondary N) is 1. The number of rotatable bonds is 10. The second-order valence-corrected chi connectivity index (χ2v) is 6.81. The molecule has 1 amide bonds. The van der Waals surface area contributed by atoms with Crippen LogP contribution in [0, 0.1) is 5.82 Å². The maximum atomic E-state index is 13.7. The van der Waals surface area contributed by atoms with E-state index in [0.717, 1.165) is 23.6 Å². The summed E-state index contributed by atoms with van der Waals surface area (Å²) in [4.78, 5) is 17.9. The van der Waals surface area contributed by atoms with Crippen molar-refractivity contribution in [3.05, 3.63) is 60.2 Å². The molecule has 134 valence electrons. The number of carbonyl (C=O) groups is 1. The summed E-state index contributed by atoms with van der Waals surface area (Å²) in [6, 6.07) is 12.6. The first-order chi connectivity index (χ1) is 12.2. The molecule has 25 heavy (non-hydrogen) atoms. The Morgan fingerprint density at radius 2 is 2.04 bits per heavy atom. The minimum Gasteiger partial charge on any atom is -0.372 e. The average molecular weight is 361 g/mol. The van der Waals surface area contributed by atoms with Crippen LogP contribution in [0.4, 0.5) is 10.1 Å². The normalized spacial score (nSPS) is 10.5. The van der Waals surface area contributed by atoms with Gasteiger partial charge in [0.2, 0.25) is 5.91 Å². The fourth-order valence-corrected chi connectivity index (χ4v) is 3.19. The van der Waals surface area contributed by atoms with Crippen molar-refractivity contribution in [2.75, 3.05) is 30.8 Å². The molecule has 0 unspecified atom stereocenters. The van der Waals surface area contributed by atoms with E-state index < -0.39 is 0 Å². The van der Waals surface area contributed by atoms with Gasteiger partial charge in [-0.3, -0.25) is 9.78 Å². The number of nitrogens with zero attached hydrogens (tertiary/aromatic N) is 2. The number of para-hydroxylation sites is 1. The molecule has 1 aromatic heterocycles. The van der Waals surface area contributed by atoms with Gasteiger partial charge in [-0.25, -0.2) is 4.39 Å². The van der Waals surface area contributed by atoms with Gasteiger partial charge in [0.1, 0.15) is 5.82 Å². The van der Waals surface area contributed by atoms with Crippen molar-refractivity contribution in [3.63, 3.8) is 0 Å². The first kappa shape index (κ1) is 19.2. The lowest BCUT2D eigenvalue weighted by atomic mass is 10.2. The highest BCUT2D eigenvalue weighted by atomic mass is 32.2. The van der Waals surface area contributed by atoms with Crippen molar-refractivity contribution in [2.24, 2.45) is 0 Å². The third-order valence-electron chi connectivity index (χ3n) is 3.71. The molecular weight excluding hydrogens is 337 g/mol. The van der Waals surface area contributed by atoms with Crippen LogP contribution in [-0.2, 0) is 10.5 Å². The second kappa shape index (κ2) is 10.7. The molecule has 6 heteroatoms.